The van der Waals surface area contributed by atoms with Gasteiger partial charge >= 0.3 is 5.97 Å². The van der Waals surface area contributed by atoms with Gasteiger partial charge in [-0.1, -0.05) is 18.9 Å². The van der Waals surface area contributed by atoms with Crippen molar-refractivity contribution in [2.24, 2.45) is 0 Å². The molecule has 2 N–H and O–H groups in total. The van der Waals surface area contributed by atoms with Crippen LogP contribution in [0.1, 0.15) is 31.2 Å². The summed E-state index contributed by atoms with van der Waals surface area (Å²) in [6, 6.07) is 5.94. The minimum Gasteiger partial charge on any atom is -0.480 e. The van der Waals surface area contributed by atoms with Gasteiger partial charge in [-0.3, -0.25) is 0 Å². The molecule has 0 bridgehead atoms. The SMILES string of the molecule is N#Cc1c(F)cccc1NC1(C(=O)O)CCCC1. The first-order valence-electron chi connectivity index (χ1n) is 5.79. The molecule has 0 amide bonds. The summed E-state index contributed by atoms with van der Waals surface area (Å²) in [6.45, 7) is 0. The van der Waals surface area contributed by atoms with E-state index in [2.05, 4.69) is 5.32 Å². The predicted molar refractivity (Wildman–Crippen MR) is 63.6 cm³/mol. The lowest BCUT2D eigenvalue weighted by Crippen LogP contribution is -2.43. The quantitative estimate of drug-likeness (QED) is 0.862. The molecule has 1 aliphatic carbocycles. The maximum absolute atomic E-state index is 13.4. The van der Waals surface area contributed by atoms with Gasteiger partial charge in [0.1, 0.15) is 23.0 Å². The molecule has 1 saturated carbocycles. The Morgan fingerprint density at radius 2 is 2.11 bits per heavy atom. The second-order valence-electron chi connectivity index (χ2n) is 4.49. The Morgan fingerprint density at radius 1 is 1.44 bits per heavy atom. The Hall–Kier alpha value is -2.09. The van der Waals surface area contributed by atoms with Gasteiger partial charge < -0.3 is 10.4 Å². The number of anilines is 1. The minimum absolute atomic E-state index is 0.134. The lowest BCUT2D eigenvalue weighted by molar-refractivity contribution is -0.142. The van der Waals surface area contributed by atoms with E-state index in [0.717, 1.165) is 12.8 Å². The van der Waals surface area contributed by atoms with Crippen LogP contribution in [0.25, 0.3) is 0 Å². The summed E-state index contributed by atoms with van der Waals surface area (Å²) in [5.41, 5.74) is -0.953. The molecule has 0 unspecified atom stereocenters. The van der Waals surface area contributed by atoms with E-state index in [1.54, 1.807) is 6.07 Å². The number of hydrogen-bond donors (Lipinski definition) is 2. The summed E-state index contributed by atoms with van der Waals surface area (Å²) in [6.07, 6.45) is 2.61. The highest BCUT2D eigenvalue weighted by molar-refractivity contribution is 5.84. The van der Waals surface area contributed by atoms with Gasteiger partial charge in [0.15, 0.2) is 0 Å². The van der Waals surface area contributed by atoms with E-state index in [9.17, 15) is 14.3 Å². The van der Waals surface area contributed by atoms with E-state index in [4.69, 9.17) is 5.26 Å². The number of halogens is 1. The van der Waals surface area contributed by atoms with Crippen LogP contribution < -0.4 is 5.32 Å². The molecule has 4 nitrogen and oxygen atoms in total. The molecule has 18 heavy (non-hydrogen) atoms. The zero-order valence-electron chi connectivity index (χ0n) is 9.74. The van der Waals surface area contributed by atoms with Crippen molar-refractivity contribution in [2.75, 3.05) is 5.32 Å². The maximum Gasteiger partial charge on any atom is 0.329 e. The van der Waals surface area contributed by atoms with Crippen molar-refractivity contribution in [1.82, 2.24) is 0 Å². The van der Waals surface area contributed by atoms with Crippen molar-refractivity contribution < 1.29 is 14.3 Å². The molecule has 94 valence electrons. The standard InChI is InChI=1S/C13H13FN2O2/c14-10-4-3-5-11(9(10)8-15)16-13(12(17)18)6-1-2-7-13/h3-5,16H,1-2,6-7H2,(H,17,18). The number of carboxylic acids is 1. The largest absolute Gasteiger partial charge is 0.480 e. The molecule has 5 heteroatoms. The van der Waals surface area contributed by atoms with Gasteiger partial charge in [0.2, 0.25) is 0 Å². The van der Waals surface area contributed by atoms with Crippen LogP contribution in [0.4, 0.5) is 10.1 Å². The number of carbonyl (C=O) groups is 1. The highest BCUT2D eigenvalue weighted by Gasteiger charge is 2.41. The smallest absolute Gasteiger partial charge is 0.329 e. The van der Waals surface area contributed by atoms with Gasteiger partial charge in [0.05, 0.1) is 5.69 Å². The van der Waals surface area contributed by atoms with E-state index < -0.39 is 17.3 Å². The van der Waals surface area contributed by atoms with Gasteiger partial charge in [-0.2, -0.15) is 5.26 Å². The average molecular weight is 248 g/mol. The van der Waals surface area contributed by atoms with Gasteiger partial charge in [-0.05, 0) is 25.0 Å². The molecule has 1 aliphatic rings. The highest BCUT2D eigenvalue weighted by Crippen LogP contribution is 2.34. The second kappa shape index (κ2) is 4.65. The van der Waals surface area contributed by atoms with Gasteiger partial charge in [-0.15, -0.1) is 0 Å². The third kappa shape index (κ3) is 2.02. The number of nitrogens with one attached hydrogen (secondary N) is 1. The van der Waals surface area contributed by atoms with E-state index >= 15 is 0 Å². The van der Waals surface area contributed by atoms with Crippen LogP contribution >= 0.6 is 0 Å². The first-order chi connectivity index (χ1) is 8.59. The number of hydrogen-bond acceptors (Lipinski definition) is 3. The van der Waals surface area contributed by atoms with Gasteiger partial charge in [0.25, 0.3) is 0 Å². The molecule has 1 aromatic carbocycles. The number of carboxylic acid groups (broad SMARTS) is 1. The molecular weight excluding hydrogens is 235 g/mol. The van der Waals surface area contributed by atoms with E-state index in [-0.39, 0.29) is 11.3 Å². The third-order valence-corrected chi connectivity index (χ3v) is 3.37. The summed E-state index contributed by atoms with van der Waals surface area (Å²) in [5, 5.41) is 21.1. The third-order valence-electron chi connectivity index (χ3n) is 3.37. The maximum atomic E-state index is 13.4. The molecular formula is C13H13FN2O2. The van der Waals surface area contributed by atoms with Crippen LogP contribution in [0.2, 0.25) is 0 Å². The van der Waals surface area contributed by atoms with Crippen molar-refractivity contribution in [3.05, 3.63) is 29.6 Å². The van der Waals surface area contributed by atoms with E-state index in [1.807, 2.05) is 0 Å². The topological polar surface area (TPSA) is 73.1 Å². The van der Waals surface area contributed by atoms with Crippen molar-refractivity contribution in [1.29, 1.82) is 5.26 Å². The first-order valence-corrected chi connectivity index (χ1v) is 5.79. The Bertz CT molecular complexity index is 516. The summed E-state index contributed by atoms with van der Waals surface area (Å²) in [5.74, 6) is -1.59. The normalized spacial score (nSPS) is 17.1. The Labute approximate surface area is 104 Å². The summed E-state index contributed by atoms with van der Waals surface area (Å²) < 4.78 is 13.4. The van der Waals surface area contributed by atoms with Crippen LogP contribution in [0.5, 0.6) is 0 Å². The van der Waals surface area contributed by atoms with Crippen molar-refractivity contribution in [3.8, 4) is 6.07 Å². The van der Waals surface area contributed by atoms with Crippen molar-refractivity contribution in [3.63, 3.8) is 0 Å². The molecule has 0 atom stereocenters. The van der Waals surface area contributed by atoms with Crippen molar-refractivity contribution in [2.45, 2.75) is 31.2 Å². The van der Waals surface area contributed by atoms with Gasteiger partial charge in [0, 0.05) is 0 Å². The number of nitrogens with zero attached hydrogens (tertiary/aromatic N) is 1. The molecule has 1 aromatic rings. The fourth-order valence-corrected chi connectivity index (χ4v) is 2.37. The van der Waals surface area contributed by atoms with Gasteiger partial charge in [-0.25, -0.2) is 9.18 Å². The average Bonchev–Trinajstić information content (AvgIpc) is 2.79. The highest BCUT2D eigenvalue weighted by atomic mass is 19.1. The van der Waals surface area contributed by atoms with E-state index in [1.165, 1.54) is 18.2 Å². The number of benzene rings is 1. The molecule has 0 radical (unpaired) electrons. The Morgan fingerprint density at radius 3 is 2.67 bits per heavy atom. The first kappa shape index (κ1) is 12.4. The molecule has 0 heterocycles. The number of rotatable bonds is 3. The zero-order valence-corrected chi connectivity index (χ0v) is 9.74. The summed E-state index contributed by atoms with van der Waals surface area (Å²) in [4.78, 5) is 11.4. The summed E-state index contributed by atoms with van der Waals surface area (Å²) in [7, 11) is 0. The monoisotopic (exact) mass is 248 g/mol. The van der Waals surface area contributed by atoms with Crippen LogP contribution in [0, 0.1) is 17.1 Å². The Balaban J connectivity index is 2.37. The molecule has 0 spiro atoms. The molecule has 1 fully saturated rings. The fraction of sp³-hybridized carbons (Fsp3) is 0.385. The number of aliphatic carboxylic acids is 1. The van der Waals surface area contributed by atoms with Crippen LogP contribution in [-0.4, -0.2) is 16.6 Å². The number of nitriles is 1. The van der Waals surface area contributed by atoms with Crippen molar-refractivity contribution >= 4 is 11.7 Å². The van der Waals surface area contributed by atoms with E-state index in [0.29, 0.717) is 12.8 Å². The second-order valence-corrected chi connectivity index (χ2v) is 4.49. The zero-order chi connectivity index (χ0) is 13.2. The lowest BCUT2D eigenvalue weighted by Gasteiger charge is -2.27. The summed E-state index contributed by atoms with van der Waals surface area (Å²) >= 11 is 0. The minimum atomic E-state index is -1.07. The lowest BCUT2D eigenvalue weighted by atomic mass is 9.96. The molecule has 2 rings (SSSR count). The Kier molecular flexibility index (Phi) is 3.19. The van der Waals surface area contributed by atoms with Crippen LogP contribution in [0.3, 0.4) is 0 Å². The fourth-order valence-electron chi connectivity index (χ4n) is 2.37. The van der Waals surface area contributed by atoms with Crippen LogP contribution in [0.15, 0.2) is 18.2 Å². The van der Waals surface area contributed by atoms with Crippen LogP contribution in [-0.2, 0) is 4.79 Å². The molecule has 0 aliphatic heterocycles. The molecule has 0 saturated heterocycles. The molecule has 0 aromatic heterocycles. The predicted octanol–water partition coefficient (Wildman–Crippen LogP) is 2.51.